The van der Waals surface area contributed by atoms with Crippen LogP contribution >= 0.6 is 11.3 Å². The maximum absolute atomic E-state index is 12.5. The molecule has 1 fully saturated rings. The summed E-state index contributed by atoms with van der Waals surface area (Å²) in [6, 6.07) is 1.84. The number of hydrogen-bond acceptors (Lipinski definition) is 4. The Morgan fingerprint density at radius 1 is 1.43 bits per heavy atom. The fourth-order valence-corrected chi connectivity index (χ4v) is 3.46. The monoisotopic (exact) mass is 304 g/mol. The molecule has 1 atom stereocenters. The SMILES string of the molecule is NC(=O)c1csc(C(=O)N2CCCC(n3ccnc3)C2)c1. The zero-order valence-electron chi connectivity index (χ0n) is 11.4. The van der Waals surface area contributed by atoms with E-state index in [2.05, 4.69) is 4.98 Å². The lowest BCUT2D eigenvalue weighted by Crippen LogP contribution is -2.40. The topological polar surface area (TPSA) is 81.2 Å². The van der Waals surface area contributed by atoms with Crippen LogP contribution in [0.4, 0.5) is 0 Å². The van der Waals surface area contributed by atoms with Crippen LogP contribution < -0.4 is 5.73 Å². The molecule has 3 rings (SSSR count). The highest BCUT2D eigenvalue weighted by Gasteiger charge is 2.26. The lowest BCUT2D eigenvalue weighted by Gasteiger charge is -2.33. The van der Waals surface area contributed by atoms with Crippen LogP contribution in [-0.4, -0.2) is 39.4 Å². The summed E-state index contributed by atoms with van der Waals surface area (Å²) in [6.07, 6.45) is 7.46. The van der Waals surface area contributed by atoms with Gasteiger partial charge in [0.05, 0.1) is 22.8 Å². The fourth-order valence-electron chi connectivity index (χ4n) is 2.60. The van der Waals surface area contributed by atoms with Crippen LogP contribution in [0.1, 0.15) is 38.9 Å². The molecule has 3 heterocycles. The molecule has 0 radical (unpaired) electrons. The number of nitrogens with two attached hydrogens (primary N) is 1. The predicted octanol–water partition coefficient (Wildman–Crippen LogP) is 1.52. The lowest BCUT2D eigenvalue weighted by molar-refractivity contribution is 0.0684. The summed E-state index contributed by atoms with van der Waals surface area (Å²) in [5.74, 6) is -0.530. The average Bonchev–Trinajstić information content (AvgIpc) is 3.18. The van der Waals surface area contributed by atoms with Crippen molar-refractivity contribution in [1.29, 1.82) is 0 Å². The number of piperidine rings is 1. The summed E-state index contributed by atoms with van der Waals surface area (Å²) in [5.41, 5.74) is 5.62. The number of amides is 2. The molecule has 2 amide bonds. The van der Waals surface area contributed by atoms with Crippen LogP contribution in [0.15, 0.2) is 30.2 Å². The molecule has 7 heteroatoms. The third-order valence-corrected chi connectivity index (χ3v) is 4.64. The van der Waals surface area contributed by atoms with E-state index in [0.717, 1.165) is 19.4 Å². The molecule has 0 aliphatic carbocycles. The molecule has 0 bridgehead atoms. The van der Waals surface area contributed by atoms with Crippen LogP contribution in [0, 0.1) is 0 Å². The van der Waals surface area contributed by atoms with Crippen molar-refractivity contribution < 1.29 is 9.59 Å². The summed E-state index contributed by atoms with van der Waals surface area (Å²) in [5, 5.41) is 1.63. The summed E-state index contributed by atoms with van der Waals surface area (Å²) in [4.78, 5) is 30.1. The standard InChI is InChI=1S/C14H16N4O2S/c15-13(19)10-6-12(21-8-10)14(20)17-4-1-2-11(7-17)18-5-3-16-9-18/h3,5-6,8-9,11H,1-2,4,7H2,(H2,15,19). The average molecular weight is 304 g/mol. The minimum absolute atomic E-state index is 0.0303. The van der Waals surface area contributed by atoms with Gasteiger partial charge in [-0.3, -0.25) is 9.59 Å². The number of rotatable bonds is 3. The van der Waals surface area contributed by atoms with Crippen LogP contribution in [-0.2, 0) is 0 Å². The number of aromatic nitrogens is 2. The molecule has 2 aromatic heterocycles. The first kappa shape index (κ1) is 13.8. The molecule has 6 nitrogen and oxygen atoms in total. The van der Waals surface area contributed by atoms with Crippen molar-refractivity contribution in [3.63, 3.8) is 0 Å². The highest BCUT2D eigenvalue weighted by Crippen LogP contribution is 2.24. The van der Waals surface area contributed by atoms with Crippen LogP contribution in [0.3, 0.4) is 0 Å². The van der Waals surface area contributed by atoms with Gasteiger partial charge in [0.25, 0.3) is 5.91 Å². The van der Waals surface area contributed by atoms with E-state index in [1.165, 1.54) is 11.3 Å². The summed E-state index contributed by atoms with van der Waals surface area (Å²) in [7, 11) is 0. The Labute approximate surface area is 126 Å². The fraction of sp³-hybridized carbons (Fsp3) is 0.357. The molecule has 1 aliphatic rings. The second-order valence-electron chi connectivity index (χ2n) is 5.12. The molecule has 1 saturated heterocycles. The molecular formula is C14H16N4O2S. The largest absolute Gasteiger partial charge is 0.366 e. The van der Waals surface area contributed by atoms with E-state index in [9.17, 15) is 9.59 Å². The normalized spacial score (nSPS) is 18.7. The second kappa shape index (κ2) is 5.69. The highest BCUT2D eigenvalue weighted by atomic mass is 32.1. The van der Waals surface area contributed by atoms with Crippen molar-refractivity contribution in [3.8, 4) is 0 Å². The van der Waals surface area contributed by atoms with E-state index in [1.54, 1.807) is 24.0 Å². The van der Waals surface area contributed by atoms with E-state index in [1.807, 2.05) is 15.7 Å². The minimum Gasteiger partial charge on any atom is -0.366 e. The number of carbonyl (C=O) groups is 2. The molecule has 2 N–H and O–H groups in total. The van der Waals surface area contributed by atoms with Gasteiger partial charge < -0.3 is 15.2 Å². The van der Waals surface area contributed by atoms with E-state index in [0.29, 0.717) is 17.0 Å². The zero-order valence-corrected chi connectivity index (χ0v) is 12.3. The van der Waals surface area contributed by atoms with E-state index >= 15 is 0 Å². The van der Waals surface area contributed by atoms with Crippen LogP contribution in [0.25, 0.3) is 0 Å². The van der Waals surface area contributed by atoms with Gasteiger partial charge in [0, 0.05) is 30.9 Å². The van der Waals surface area contributed by atoms with Crippen LogP contribution in [0.5, 0.6) is 0 Å². The van der Waals surface area contributed by atoms with Gasteiger partial charge in [0.2, 0.25) is 5.91 Å². The molecule has 1 aliphatic heterocycles. The molecule has 21 heavy (non-hydrogen) atoms. The van der Waals surface area contributed by atoms with Gasteiger partial charge in [-0.2, -0.15) is 0 Å². The predicted molar refractivity (Wildman–Crippen MR) is 79.2 cm³/mol. The zero-order chi connectivity index (χ0) is 14.8. The number of hydrogen-bond donors (Lipinski definition) is 1. The van der Waals surface area contributed by atoms with Gasteiger partial charge in [-0.25, -0.2) is 4.98 Å². The van der Waals surface area contributed by atoms with Crippen LogP contribution in [0.2, 0.25) is 0 Å². The van der Waals surface area contributed by atoms with Crippen molar-refractivity contribution in [2.75, 3.05) is 13.1 Å². The van der Waals surface area contributed by atoms with Gasteiger partial charge in [-0.15, -0.1) is 11.3 Å². The lowest BCUT2D eigenvalue weighted by atomic mass is 10.1. The third kappa shape index (κ3) is 2.82. The quantitative estimate of drug-likeness (QED) is 0.933. The summed E-state index contributed by atoms with van der Waals surface area (Å²) < 4.78 is 2.04. The van der Waals surface area contributed by atoms with Crippen molar-refractivity contribution >= 4 is 23.2 Å². The second-order valence-corrected chi connectivity index (χ2v) is 6.03. The number of primary amides is 1. The molecule has 0 aromatic carbocycles. The van der Waals surface area contributed by atoms with E-state index < -0.39 is 5.91 Å². The number of carbonyl (C=O) groups excluding carboxylic acids is 2. The Balaban J connectivity index is 1.73. The minimum atomic E-state index is -0.500. The molecule has 110 valence electrons. The molecule has 0 saturated carbocycles. The Morgan fingerprint density at radius 2 is 2.29 bits per heavy atom. The van der Waals surface area contributed by atoms with Crippen molar-refractivity contribution in [2.45, 2.75) is 18.9 Å². The highest BCUT2D eigenvalue weighted by molar-refractivity contribution is 7.12. The number of likely N-dealkylation sites (tertiary alicyclic amines) is 1. The third-order valence-electron chi connectivity index (χ3n) is 3.72. The number of thiophene rings is 1. The Kier molecular flexibility index (Phi) is 3.74. The maximum Gasteiger partial charge on any atom is 0.264 e. The Bertz CT molecular complexity index is 650. The first-order chi connectivity index (χ1) is 10.1. The van der Waals surface area contributed by atoms with Gasteiger partial charge >= 0.3 is 0 Å². The smallest absolute Gasteiger partial charge is 0.264 e. The van der Waals surface area contributed by atoms with Crippen molar-refractivity contribution in [1.82, 2.24) is 14.5 Å². The van der Waals surface area contributed by atoms with Crippen molar-refractivity contribution in [3.05, 3.63) is 40.6 Å². The molecule has 2 aromatic rings. The molecule has 0 spiro atoms. The summed E-state index contributed by atoms with van der Waals surface area (Å²) >= 11 is 1.27. The van der Waals surface area contributed by atoms with Gasteiger partial charge in [0.1, 0.15) is 0 Å². The number of imidazole rings is 1. The number of nitrogens with zero attached hydrogens (tertiary/aromatic N) is 3. The van der Waals surface area contributed by atoms with Gasteiger partial charge in [0.15, 0.2) is 0 Å². The van der Waals surface area contributed by atoms with E-state index in [4.69, 9.17) is 5.73 Å². The van der Waals surface area contributed by atoms with Gasteiger partial charge in [-0.1, -0.05) is 0 Å². The Morgan fingerprint density at radius 3 is 2.95 bits per heavy atom. The molecule has 1 unspecified atom stereocenters. The first-order valence-electron chi connectivity index (χ1n) is 6.80. The maximum atomic E-state index is 12.5. The summed E-state index contributed by atoms with van der Waals surface area (Å²) in [6.45, 7) is 1.41. The van der Waals surface area contributed by atoms with Gasteiger partial charge in [-0.05, 0) is 18.9 Å². The first-order valence-corrected chi connectivity index (χ1v) is 7.68. The van der Waals surface area contributed by atoms with E-state index in [-0.39, 0.29) is 11.9 Å². The van der Waals surface area contributed by atoms with Crippen molar-refractivity contribution in [2.24, 2.45) is 5.73 Å². The molecular weight excluding hydrogens is 288 g/mol. The Hall–Kier alpha value is -2.15.